The number of benzene rings is 1. The third-order valence-electron chi connectivity index (χ3n) is 3.80. The molecule has 1 aromatic carbocycles. The van der Waals surface area contributed by atoms with Gasteiger partial charge in [-0.25, -0.2) is 0 Å². The Balaban J connectivity index is 2.20. The Labute approximate surface area is 127 Å². The first kappa shape index (κ1) is 15.6. The monoisotopic (exact) mass is 296 g/mol. The first-order valence-electron chi connectivity index (χ1n) is 7.59. The Morgan fingerprint density at radius 3 is 3.00 bits per heavy atom. The lowest BCUT2D eigenvalue weighted by Gasteiger charge is -2.38. The number of morpholine rings is 1. The molecule has 3 nitrogen and oxygen atoms in total. The van der Waals surface area contributed by atoms with E-state index in [0.717, 1.165) is 50.7 Å². The molecule has 0 spiro atoms. The molecule has 1 atom stereocenters. The fraction of sp³-hybridized carbons (Fsp3) is 0.625. The number of halogens is 1. The lowest BCUT2D eigenvalue weighted by molar-refractivity contribution is 0.0929. The molecule has 0 amide bonds. The zero-order chi connectivity index (χ0) is 14.4. The SMILES string of the molecule is CCCNCc1ccc(Cl)cc1N1CCOCC1CC. The minimum absolute atomic E-state index is 0.451. The summed E-state index contributed by atoms with van der Waals surface area (Å²) in [7, 11) is 0. The highest BCUT2D eigenvalue weighted by Gasteiger charge is 2.23. The molecule has 112 valence electrons. The van der Waals surface area contributed by atoms with Gasteiger partial charge in [-0.05, 0) is 37.1 Å². The molecular weight excluding hydrogens is 272 g/mol. The molecule has 1 fully saturated rings. The zero-order valence-corrected chi connectivity index (χ0v) is 13.2. The lowest BCUT2D eigenvalue weighted by Crippen LogP contribution is -2.45. The van der Waals surface area contributed by atoms with Crippen molar-refractivity contribution in [3.8, 4) is 0 Å². The zero-order valence-electron chi connectivity index (χ0n) is 12.5. The first-order valence-corrected chi connectivity index (χ1v) is 7.97. The van der Waals surface area contributed by atoms with E-state index in [2.05, 4.69) is 36.2 Å². The quantitative estimate of drug-likeness (QED) is 0.814. The predicted octanol–water partition coefficient (Wildman–Crippen LogP) is 3.45. The second-order valence-electron chi connectivity index (χ2n) is 5.28. The molecule has 1 heterocycles. The van der Waals surface area contributed by atoms with Crippen LogP contribution in [0.4, 0.5) is 5.69 Å². The van der Waals surface area contributed by atoms with Crippen LogP contribution in [0.5, 0.6) is 0 Å². The highest BCUT2D eigenvalue weighted by atomic mass is 35.5. The maximum Gasteiger partial charge on any atom is 0.0670 e. The van der Waals surface area contributed by atoms with Gasteiger partial charge in [-0.3, -0.25) is 0 Å². The highest BCUT2D eigenvalue weighted by Crippen LogP contribution is 2.28. The molecule has 1 aliphatic rings. The van der Waals surface area contributed by atoms with E-state index in [0.29, 0.717) is 6.04 Å². The smallest absolute Gasteiger partial charge is 0.0670 e. The molecule has 0 bridgehead atoms. The number of anilines is 1. The van der Waals surface area contributed by atoms with E-state index >= 15 is 0 Å². The number of rotatable bonds is 6. The summed E-state index contributed by atoms with van der Waals surface area (Å²) < 4.78 is 5.60. The molecule has 0 saturated carbocycles. The van der Waals surface area contributed by atoms with E-state index in [-0.39, 0.29) is 0 Å². The maximum atomic E-state index is 6.21. The first-order chi connectivity index (χ1) is 9.76. The summed E-state index contributed by atoms with van der Waals surface area (Å²) in [4.78, 5) is 2.46. The molecule has 20 heavy (non-hydrogen) atoms. The average molecular weight is 297 g/mol. The van der Waals surface area contributed by atoms with E-state index in [4.69, 9.17) is 16.3 Å². The van der Waals surface area contributed by atoms with E-state index in [1.165, 1.54) is 11.3 Å². The van der Waals surface area contributed by atoms with Gasteiger partial charge in [0.2, 0.25) is 0 Å². The molecule has 0 radical (unpaired) electrons. The van der Waals surface area contributed by atoms with Crippen LogP contribution in [0.25, 0.3) is 0 Å². The summed E-state index contributed by atoms with van der Waals surface area (Å²) in [5.41, 5.74) is 2.58. The predicted molar refractivity (Wildman–Crippen MR) is 85.7 cm³/mol. The molecule has 2 rings (SSSR count). The highest BCUT2D eigenvalue weighted by molar-refractivity contribution is 6.30. The summed E-state index contributed by atoms with van der Waals surface area (Å²) in [5.74, 6) is 0. The fourth-order valence-corrected chi connectivity index (χ4v) is 2.83. The topological polar surface area (TPSA) is 24.5 Å². The van der Waals surface area contributed by atoms with Gasteiger partial charge in [-0.1, -0.05) is 31.5 Å². The standard InChI is InChI=1S/C16H25ClN2O/c1-3-7-18-11-13-5-6-14(17)10-16(13)19-8-9-20-12-15(19)4-2/h5-6,10,15,18H,3-4,7-9,11-12H2,1-2H3. The normalized spacial score (nSPS) is 19.4. The second-order valence-corrected chi connectivity index (χ2v) is 5.72. The Morgan fingerprint density at radius 1 is 1.40 bits per heavy atom. The van der Waals surface area contributed by atoms with Crippen LogP contribution in [-0.4, -0.2) is 32.3 Å². The summed E-state index contributed by atoms with van der Waals surface area (Å²) in [6.07, 6.45) is 2.24. The van der Waals surface area contributed by atoms with Crippen LogP contribution in [0, 0.1) is 0 Å². The number of hydrogen-bond acceptors (Lipinski definition) is 3. The number of nitrogens with one attached hydrogen (secondary N) is 1. The lowest BCUT2D eigenvalue weighted by atomic mass is 10.1. The summed E-state index contributed by atoms with van der Waals surface area (Å²) in [6, 6.07) is 6.67. The van der Waals surface area contributed by atoms with Crippen LogP contribution in [0.3, 0.4) is 0 Å². The van der Waals surface area contributed by atoms with Gasteiger partial charge < -0.3 is 15.0 Å². The summed E-state index contributed by atoms with van der Waals surface area (Å²) in [5, 5.41) is 4.29. The maximum absolute atomic E-state index is 6.21. The van der Waals surface area contributed by atoms with Gasteiger partial charge in [0, 0.05) is 23.8 Å². The third kappa shape index (κ3) is 3.87. The molecule has 1 saturated heterocycles. The van der Waals surface area contributed by atoms with Gasteiger partial charge >= 0.3 is 0 Å². The van der Waals surface area contributed by atoms with Crippen LogP contribution in [0.1, 0.15) is 32.3 Å². The number of ether oxygens (including phenoxy) is 1. The van der Waals surface area contributed by atoms with Gasteiger partial charge in [0.25, 0.3) is 0 Å². The number of hydrogen-bond donors (Lipinski definition) is 1. The molecule has 1 unspecified atom stereocenters. The third-order valence-corrected chi connectivity index (χ3v) is 4.03. The van der Waals surface area contributed by atoms with Crippen LogP contribution in [0.2, 0.25) is 5.02 Å². The average Bonchev–Trinajstić information content (AvgIpc) is 2.49. The van der Waals surface area contributed by atoms with Crippen molar-refractivity contribution in [3.63, 3.8) is 0 Å². The van der Waals surface area contributed by atoms with Crippen LogP contribution >= 0.6 is 11.6 Å². The van der Waals surface area contributed by atoms with E-state index in [1.54, 1.807) is 0 Å². The summed E-state index contributed by atoms with van der Waals surface area (Å²) >= 11 is 6.21. The van der Waals surface area contributed by atoms with Crippen molar-refractivity contribution in [1.82, 2.24) is 5.32 Å². The Bertz CT molecular complexity index is 425. The van der Waals surface area contributed by atoms with E-state index in [9.17, 15) is 0 Å². The van der Waals surface area contributed by atoms with Crippen molar-refractivity contribution >= 4 is 17.3 Å². The van der Waals surface area contributed by atoms with Gasteiger partial charge in [-0.2, -0.15) is 0 Å². The van der Waals surface area contributed by atoms with E-state index in [1.807, 2.05) is 6.07 Å². The molecule has 0 aliphatic carbocycles. The molecule has 1 aromatic rings. The van der Waals surface area contributed by atoms with Crippen LogP contribution in [-0.2, 0) is 11.3 Å². The van der Waals surface area contributed by atoms with Crippen LogP contribution < -0.4 is 10.2 Å². The molecule has 1 aliphatic heterocycles. The van der Waals surface area contributed by atoms with Crippen molar-refractivity contribution in [3.05, 3.63) is 28.8 Å². The Hall–Kier alpha value is -0.770. The van der Waals surface area contributed by atoms with Crippen molar-refractivity contribution < 1.29 is 4.74 Å². The molecular formula is C16H25ClN2O. The Kier molecular flexibility index (Phi) is 6.14. The van der Waals surface area contributed by atoms with Crippen molar-refractivity contribution in [2.75, 3.05) is 31.2 Å². The second kappa shape index (κ2) is 7.87. The van der Waals surface area contributed by atoms with Gasteiger partial charge in [0.15, 0.2) is 0 Å². The number of nitrogens with zero attached hydrogens (tertiary/aromatic N) is 1. The van der Waals surface area contributed by atoms with E-state index < -0.39 is 0 Å². The fourth-order valence-electron chi connectivity index (χ4n) is 2.66. The van der Waals surface area contributed by atoms with Crippen molar-refractivity contribution in [2.24, 2.45) is 0 Å². The minimum atomic E-state index is 0.451. The van der Waals surface area contributed by atoms with Gasteiger partial charge in [0.1, 0.15) is 0 Å². The van der Waals surface area contributed by atoms with Crippen LogP contribution in [0.15, 0.2) is 18.2 Å². The molecule has 4 heteroatoms. The van der Waals surface area contributed by atoms with Gasteiger partial charge in [0.05, 0.1) is 19.3 Å². The Morgan fingerprint density at radius 2 is 2.25 bits per heavy atom. The molecule has 1 N–H and O–H groups in total. The van der Waals surface area contributed by atoms with Crippen molar-refractivity contribution in [2.45, 2.75) is 39.3 Å². The van der Waals surface area contributed by atoms with Gasteiger partial charge in [-0.15, -0.1) is 0 Å². The van der Waals surface area contributed by atoms with Crippen molar-refractivity contribution in [1.29, 1.82) is 0 Å². The molecule has 0 aromatic heterocycles. The minimum Gasteiger partial charge on any atom is -0.377 e. The largest absolute Gasteiger partial charge is 0.377 e. The summed E-state index contributed by atoms with van der Waals surface area (Å²) in [6.45, 7) is 8.89.